The van der Waals surface area contributed by atoms with Gasteiger partial charge in [-0.1, -0.05) is 29.8 Å². The van der Waals surface area contributed by atoms with Crippen molar-refractivity contribution in [3.05, 3.63) is 59.8 Å². The molecule has 1 fully saturated rings. The highest BCUT2D eigenvalue weighted by Crippen LogP contribution is 2.41. The number of nitrogens with zero attached hydrogens (tertiary/aromatic N) is 3. The van der Waals surface area contributed by atoms with Crippen LogP contribution in [0.4, 0.5) is 0 Å². The summed E-state index contributed by atoms with van der Waals surface area (Å²) in [7, 11) is 1.69. The Labute approximate surface area is 170 Å². The lowest BCUT2D eigenvalue weighted by Gasteiger charge is -2.25. The maximum Gasteiger partial charge on any atom is 0.129 e. The molecule has 2 aliphatic rings. The molecule has 0 N–H and O–H groups in total. The largest absolute Gasteiger partial charge is 0.497 e. The van der Waals surface area contributed by atoms with Crippen molar-refractivity contribution in [2.45, 2.75) is 19.3 Å². The fourth-order valence-electron chi connectivity index (χ4n) is 4.37. The number of aromatic nitrogens is 1. The van der Waals surface area contributed by atoms with Crippen LogP contribution in [0, 0.1) is 0 Å². The minimum absolute atomic E-state index is 0.598. The summed E-state index contributed by atoms with van der Waals surface area (Å²) in [6, 6.07) is 14.3. The monoisotopic (exact) mass is 387 g/mol. The van der Waals surface area contributed by atoms with Gasteiger partial charge in [-0.3, -0.25) is 9.88 Å². The number of ether oxygens (including phenoxy) is 1. The standard InChI is InChI=1S/C24H25N3O2/c1-28-17-9-10-18-20(15-17)24(26-29-14-13-27-11-5-2-6-12-27)23-19-7-3-4-8-22(19)25-16-21(18)23/h3-4,7-10,15-16H,2,5-6,11-14H2,1H3/b26-24+. The quantitative estimate of drug-likeness (QED) is 0.374. The number of methoxy groups -OCH3 is 1. The van der Waals surface area contributed by atoms with Gasteiger partial charge in [0.1, 0.15) is 18.1 Å². The molecule has 1 aliphatic carbocycles. The maximum atomic E-state index is 5.84. The third-order valence-corrected chi connectivity index (χ3v) is 5.89. The molecule has 2 heterocycles. The molecule has 0 saturated carbocycles. The molecule has 0 atom stereocenters. The van der Waals surface area contributed by atoms with E-state index in [0.29, 0.717) is 6.61 Å². The molecule has 3 aromatic rings. The first-order valence-corrected chi connectivity index (χ1v) is 10.3. The summed E-state index contributed by atoms with van der Waals surface area (Å²) in [5, 5.41) is 5.72. The zero-order chi connectivity index (χ0) is 19.6. The van der Waals surface area contributed by atoms with Crippen LogP contribution in [-0.2, 0) is 4.84 Å². The smallest absolute Gasteiger partial charge is 0.129 e. The van der Waals surface area contributed by atoms with Gasteiger partial charge in [0.25, 0.3) is 0 Å². The molecule has 2 aromatic carbocycles. The van der Waals surface area contributed by atoms with Crippen molar-refractivity contribution in [2.24, 2.45) is 5.16 Å². The lowest BCUT2D eigenvalue weighted by Crippen LogP contribution is -2.32. The topological polar surface area (TPSA) is 47.0 Å². The maximum absolute atomic E-state index is 5.84. The summed E-state index contributed by atoms with van der Waals surface area (Å²) in [6.45, 7) is 3.85. The molecule has 1 aromatic heterocycles. The Hall–Kier alpha value is -2.92. The van der Waals surface area contributed by atoms with E-state index in [0.717, 1.165) is 51.2 Å². The molecule has 1 saturated heterocycles. The zero-order valence-electron chi connectivity index (χ0n) is 16.7. The van der Waals surface area contributed by atoms with Crippen LogP contribution in [-0.4, -0.2) is 48.9 Å². The first kappa shape index (κ1) is 18.1. The Bertz CT molecular complexity index is 1070. The van der Waals surface area contributed by atoms with Crippen LogP contribution in [0.25, 0.3) is 22.0 Å². The summed E-state index contributed by atoms with van der Waals surface area (Å²) in [5.41, 5.74) is 6.18. The van der Waals surface area contributed by atoms with E-state index in [4.69, 9.17) is 9.57 Å². The Morgan fingerprint density at radius 3 is 2.72 bits per heavy atom. The second kappa shape index (κ2) is 7.84. The van der Waals surface area contributed by atoms with Crippen molar-refractivity contribution >= 4 is 16.6 Å². The average Bonchev–Trinajstić information content (AvgIpc) is 3.10. The summed E-state index contributed by atoms with van der Waals surface area (Å²) in [4.78, 5) is 13.0. The van der Waals surface area contributed by atoms with Gasteiger partial charge in [-0.25, -0.2) is 0 Å². The molecule has 0 bridgehead atoms. The summed E-state index contributed by atoms with van der Waals surface area (Å²) < 4.78 is 5.46. The van der Waals surface area contributed by atoms with Crippen molar-refractivity contribution < 1.29 is 9.57 Å². The second-order valence-electron chi connectivity index (χ2n) is 7.65. The summed E-state index contributed by atoms with van der Waals surface area (Å²) in [6.07, 6.45) is 5.86. The number of likely N-dealkylation sites (tertiary alicyclic amines) is 1. The molecule has 0 radical (unpaired) electrons. The van der Waals surface area contributed by atoms with Gasteiger partial charge in [-0.15, -0.1) is 0 Å². The fourth-order valence-corrected chi connectivity index (χ4v) is 4.37. The number of fused-ring (bicyclic) bond motifs is 5. The van der Waals surface area contributed by atoms with Gasteiger partial charge < -0.3 is 9.57 Å². The Morgan fingerprint density at radius 2 is 1.86 bits per heavy atom. The van der Waals surface area contributed by atoms with Crippen LogP contribution in [0.5, 0.6) is 5.75 Å². The lowest BCUT2D eigenvalue weighted by atomic mass is 10.0. The van der Waals surface area contributed by atoms with Crippen molar-refractivity contribution in [3.63, 3.8) is 0 Å². The van der Waals surface area contributed by atoms with Gasteiger partial charge in [0.05, 0.1) is 12.6 Å². The highest BCUT2D eigenvalue weighted by atomic mass is 16.6. The average molecular weight is 387 g/mol. The third-order valence-electron chi connectivity index (χ3n) is 5.89. The second-order valence-corrected chi connectivity index (χ2v) is 7.65. The molecule has 5 heteroatoms. The van der Waals surface area contributed by atoms with E-state index in [2.05, 4.69) is 27.2 Å². The number of piperidine rings is 1. The van der Waals surface area contributed by atoms with Crippen molar-refractivity contribution in [1.29, 1.82) is 0 Å². The number of hydrogen-bond donors (Lipinski definition) is 0. The SMILES string of the molecule is COc1ccc2c(c1)/C(=N\OCCN1CCCCC1)c1c-2cnc2ccccc12. The summed E-state index contributed by atoms with van der Waals surface area (Å²) >= 11 is 0. The molecule has 148 valence electrons. The van der Waals surface area contributed by atoms with E-state index in [1.165, 1.54) is 32.4 Å². The first-order chi connectivity index (χ1) is 14.3. The predicted molar refractivity (Wildman–Crippen MR) is 116 cm³/mol. The van der Waals surface area contributed by atoms with Gasteiger partial charge in [-0.2, -0.15) is 0 Å². The molecule has 0 unspecified atom stereocenters. The molecule has 5 nitrogen and oxygen atoms in total. The van der Waals surface area contributed by atoms with E-state index in [9.17, 15) is 0 Å². The van der Waals surface area contributed by atoms with Crippen molar-refractivity contribution in [3.8, 4) is 16.9 Å². The molecule has 29 heavy (non-hydrogen) atoms. The minimum Gasteiger partial charge on any atom is -0.497 e. The van der Waals surface area contributed by atoms with Gasteiger partial charge in [0, 0.05) is 34.8 Å². The van der Waals surface area contributed by atoms with E-state index in [1.807, 2.05) is 36.5 Å². The van der Waals surface area contributed by atoms with Crippen LogP contribution < -0.4 is 4.74 Å². The molecule has 5 rings (SSSR count). The fraction of sp³-hybridized carbons (Fsp3) is 0.333. The van der Waals surface area contributed by atoms with Gasteiger partial charge in [0.15, 0.2) is 0 Å². The minimum atomic E-state index is 0.598. The predicted octanol–water partition coefficient (Wildman–Crippen LogP) is 4.48. The molecular formula is C24H25N3O2. The number of pyridine rings is 1. The highest BCUT2D eigenvalue weighted by Gasteiger charge is 2.28. The van der Waals surface area contributed by atoms with Gasteiger partial charge >= 0.3 is 0 Å². The van der Waals surface area contributed by atoms with Crippen molar-refractivity contribution in [1.82, 2.24) is 9.88 Å². The van der Waals surface area contributed by atoms with E-state index >= 15 is 0 Å². The normalized spacial score (nSPS) is 17.3. The highest BCUT2D eigenvalue weighted by molar-refractivity contribution is 6.29. The Balaban J connectivity index is 1.50. The molecule has 1 aliphatic heterocycles. The van der Waals surface area contributed by atoms with Gasteiger partial charge in [0.2, 0.25) is 0 Å². The number of oxime groups is 1. The van der Waals surface area contributed by atoms with Crippen LogP contribution in [0.15, 0.2) is 53.8 Å². The molecule has 0 spiro atoms. The number of hydrogen-bond acceptors (Lipinski definition) is 5. The third kappa shape index (κ3) is 3.36. The van der Waals surface area contributed by atoms with E-state index < -0.39 is 0 Å². The van der Waals surface area contributed by atoms with E-state index in [1.54, 1.807) is 7.11 Å². The summed E-state index contributed by atoms with van der Waals surface area (Å²) in [5.74, 6) is 0.815. The molecular weight excluding hydrogens is 362 g/mol. The van der Waals surface area contributed by atoms with Crippen LogP contribution in [0.2, 0.25) is 0 Å². The lowest BCUT2D eigenvalue weighted by molar-refractivity contribution is 0.103. The zero-order valence-corrected chi connectivity index (χ0v) is 16.7. The van der Waals surface area contributed by atoms with Crippen molar-refractivity contribution in [2.75, 3.05) is 33.4 Å². The van der Waals surface area contributed by atoms with E-state index in [-0.39, 0.29) is 0 Å². The Morgan fingerprint density at radius 1 is 1.00 bits per heavy atom. The Kier molecular flexibility index (Phi) is 4.90. The molecule has 0 amide bonds. The number of benzene rings is 2. The van der Waals surface area contributed by atoms with Crippen LogP contribution in [0.3, 0.4) is 0 Å². The number of para-hydroxylation sites is 1. The van der Waals surface area contributed by atoms with Gasteiger partial charge in [-0.05, 0) is 55.8 Å². The van der Waals surface area contributed by atoms with Crippen LogP contribution in [0.1, 0.15) is 30.4 Å². The number of rotatable bonds is 5. The van der Waals surface area contributed by atoms with Crippen LogP contribution >= 0.6 is 0 Å². The first-order valence-electron chi connectivity index (χ1n) is 10.3.